The van der Waals surface area contributed by atoms with Gasteiger partial charge in [0.2, 0.25) is 0 Å². The highest BCUT2D eigenvalue weighted by Crippen LogP contribution is 2.36. The van der Waals surface area contributed by atoms with Crippen LogP contribution in [-0.4, -0.2) is 50.3 Å². The molecule has 0 amide bonds. The summed E-state index contributed by atoms with van der Waals surface area (Å²) < 4.78 is 46.5. The standard InChI is InChI=1S/C45H47ClO7/c1-3-27-48-40-41(49-28-33-13-7-4-8-14-33)43(52-31-36-19-23-38(46)24-20-36)45(51-30-35-17-11-6-12-18-35)44(42(40)50-29-34-15-9-5-10-16-34)53-32-37-21-25-39(47-2)26-22-37/h3-26,40-45H,1,27-32H2,2H3/t40-,41-,42+,43+,44+,45+/m1/s1. The van der Waals surface area contributed by atoms with Crippen molar-refractivity contribution < 1.29 is 33.2 Å². The lowest BCUT2D eigenvalue weighted by Crippen LogP contribution is -2.67. The van der Waals surface area contributed by atoms with Crippen molar-refractivity contribution in [2.75, 3.05) is 13.7 Å². The van der Waals surface area contributed by atoms with E-state index in [9.17, 15) is 0 Å². The second-order valence-corrected chi connectivity index (χ2v) is 13.3. The Morgan fingerprint density at radius 2 is 0.736 bits per heavy atom. The zero-order valence-corrected chi connectivity index (χ0v) is 30.8. The second-order valence-electron chi connectivity index (χ2n) is 12.9. The van der Waals surface area contributed by atoms with Crippen molar-refractivity contribution in [3.8, 4) is 5.75 Å². The molecule has 7 nitrogen and oxygen atoms in total. The van der Waals surface area contributed by atoms with Crippen LogP contribution in [-0.2, 0) is 61.5 Å². The largest absolute Gasteiger partial charge is 0.497 e. The van der Waals surface area contributed by atoms with Crippen LogP contribution in [0, 0.1) is 0 Å². The monoisotopic (exact) mass is 734 g/mol. The molecule has 1 fully saturated rings. The van der Waals surface area contributed by atoms with Crippen molar-refractivity contribution in [3.63, 3.8) is 0 Å². The van der Waals surface area contributed by atoms with Gasteiger partial charge in [-0.25, -0.2) is 0 Å². The topological polar surface area (TPSA) is 64.6 Å². The third-order valence-corrected chi connectivity index (χ3v) is 9.41. The van der Waals surface area contributed by atoms with Gasteiger partial charge in [-0.2, -0.15) is 0 Å². The molecular weight excluding hydrogens is 688 g/mol. The summed E-state index contributed by atoms with van der Waals surface area (Å²) in [4.78, 5) is 0. The van der Waals surface area contributed by atoms with E-state index in [-0.39, 0.29) is 13.2 Å². The molecule has 0 bridgehead atoms. The normalized spacial score (nSPS) is 21.2. The highest BCUT2D eigenvalue weighted by Gasteiger charge is 2.55. The number of hydrogen-bond acceptors (Lipinski definition) is 7. The number of methoxy groups -OCH3 is 1. The third-order valence-electron chi connectivity index (χ3n) is 9.16. The summed E-state index contributed by atoms with van der Waals surface area (Å²) in [5.74, 6) is 0.770. The lowest BCUT2D eigenvalue weighted by molar-refractivity contribution is -0.289. The first-order valence-corrected chi connectivity index (χ1v) is 18.3. The molecule has 5 aromatic rings. The van der Waals surface area contributed by atoms with Gasteiger partial charge in [0.05, 0.1) is 46.8 Å². The summed E-state index contributed by atoms with van der Waals surface area (Å²) in [6.45, 7) is 5.78. The maximum atomic E-state index is 6.92. The minimum Gasteiger partial charge on any atom is -0.497 e. The average Bonchev–Trinajstić information content (AvgIpc) is 3.21. The summed E-state index contributed by atoms with van der Waals surface area (Å²) in [6, 6.07) is 45.7. The molecular formula is C45H47ClO7. The lowest BCUT2D eigenvalue weighted by Gasteiger charge is -2.49. The number of rotatable bonds is 19. The van der Waals surface area contributed by atoms with Crippen LogP contribution in [0.4, 0.5) is 0 Å². The summed E-state index contributed by atoms with van der Waals surface area (Å²) in [6.07, 6.45) is -2.03. The molecule has 8 heteroatoms. The van der Waals surface area contributed by atoms with Crippen LogP contribution in [0.3, 0.4) is 0 Å². The Balaban J connectivity index is 1.40. The first-order valence-electron chi connectivity index (χ1n) is 17.9. The van der Waals surface area contributed by atoms with Crippen LogP contribution in [0.5, 0.6) is 5.75 Å². The van der Waals surface area contributed by atoms with Crippen LogP contribution in [0.25, 0.3) is 0 Å². The zero-order chi connectivity index (χ0) is 36.7. The smallest absolute Gasteiger partial charge is 0.118 e. The van der Waals surface area contributed by atoms with Gasteiger partial charge in [-0.15, -0.1) is 6.58 Å². The van der Waals surface area contributed by atoms with Crippen molar-refractivity contribution in [2.45, 2.75) is 69.7 Å². The van der Waals surface area contributed by atoms with Crippen molar-refractivity contribution in [1.82, 2.24) is 0 Å². The van der Waals surface area contributed by atoms with Gasteiger partial charge < -0.3 is 33.2 Å². The fraction of sp³-hybridized carbons (Fsp3) is 0.289. The first kappa shape index (κ1) is 38.4. The van der Waals surface area contributed by atoms with Crippen LogP contribution in [0.1, 0.15) is 27.8 Å². The number of hydrogen-bond donors (Lipinski definition) is 0. The molecule has 5 aromatic carbocycles. The predicted octanol–water partition coefficient (Wildman–Crippen LogP) is 9.16. The molecule has 6 rings (SSSR count). The summed E-state index contributed by atoms with van der Waals surface area (Å²) in [7, 11) is 1.65. The van der Waals surface area contributed by atoms with E-state index in [1.807, 2.05) is 140 Å². The van der Waals surface area contributed by atoms with Gasteiger partial charge in [0.15, 0.2) is 0 Å². The van der Waals surface area contributed by atoms with E-state index in [0.717, 1.165) is 33.6 Å². The van der Waals surface area contributed by atoms with Gasteiger partial charge in [0, 0.05) is 5.02 Å². The van der Waals surface area contributed by atoms with Crippen LogP contribution in [0.15, 0.2) is 152 Å². The van der Waals surface area contributed by atoms with Crippen LogP contribution in [0.2, 0.25) is 5.02 Å². The molecule has 0 heterocycles. The molecule has 0 spiro atoms. The maximum absolute atomic E-state index is 6.92. The van der Waals surface area contributed by atoms with E-state index >= 15 is 0 Å². The number of ether oxygens (including phenoxy) is 7. The van der Waals surface area contributed by atoms with E-state index in [1.54, 1.807) is 13.2 Å². The molecule has 0 aromatic heterocycles. The minimum atomic E-state index is -0.634. The number of benzene rings is 5. The SMILES string of the molecule is C=CCO[C@@H]1[C@@H](OCc2ccccc2)[C@H](OCc2ccc(Cl)cc2)[C@H](OCc2ccccc2)[C@@H](OCc2ccc(OC)cc2)[C@H]1OCc1ccccc1. The molecule has 0 unspecified atom stereocenters. The van der Waals surface area contributed by atoms with Crippen molar-refractivity contribution in [3.05, 3.63) is 185 Å². The summed E-state index contributed by atoms with van der Waals surface area (Å²) in [5, 5.41) is 0.655. The van der Waals surface area contributed by atoms with Crippen molar-refractivity contribution in [1.29, 1.82) is 0 Å². The van der Waals surface area contributed by atoms with E-state index in [1.165, 1.54) is 0 Å². The molecule has 0 aliphatic heterocycles. The van der Waals surface area contributed by atoms with Gasteiger partial charge in [0.1, 0.15) is 42.4 Å². The Bertz CT molecular complexity index is 1770. The van der Waals surface area contributed by atoms with Gasteiger partial charge in [-0.3, -0.25) is 0 Å². The highest BCUT2D eigenvalue weighted by atomic mass is 35.5. The fourth-order valence-electron chi connectivity index (χ4n) is 6.43. The average molecular weight is 735 g/mol. The van der Waals surface area contributed by atoms with Crippen molar-refractivity contribution in [2.24, 2.45) is 0 Å². The summed E-state index contributed by atoms with van der Waals surface area (Å²) >= 11 is 6.24. The molecule has 6 atom stereocenters. The zero-order valence-electron chi connectivity index (χ0n) is 30.0. The van der Waals surface area contributed by atoms with Gasteiger partial charge in [0.25, 0.3) is 0 Å². The molecule has 1 aliphatic carbocycles. The molecule has 53 heavy (non-hydrogen) atoms. The predicted molar refractivity (Wildman–Crippen MR) is 207 cm³/mol. The Morgan fingerprint density at radius 1 is 0.434 bits per heavy atom. The Morgan fingerprint density at radius 3 is 1.06 bits per heavy atom. The summed E-state index contributed by atoms with van der Waals surface area (Å²) in [5.41, 5.74) is 4.99. The van der Waals surface area contributed by atoms with Crippen LogP contribution < -0.4 is 4.74 Å². The van der Waals surface area contributed by atoms with Gasteiger partial charge >= 0.3 is 0 Å². The molecule has 0 saturated heterocycles. The van der Waals surface area contributed by atoms with E-state index in [0.29, 0.717) is 31.5 Å². The second kappa shape index (κ2) is 20.2. The number of halogens is 1. The maximum Gasteiger partial charge on any atom is 0.118 e. The van der Waals surface area contributed by atoms with E-state index < -0.39 is 36.6 Å². The van der Waals surface area contributed by atoms with Crippen LogP contribution >= 0.6 is 11.6 Å². The van der Waals surface area contributed by atoms with Gasteiger partial charge in [-0.05, 0) is 52.1 Å². The first-order chi connectivity index (χ1) is 26.1. The van der Waals surface area contributed by atoms with Gasteiger partial charge in [-0.1, -0.05) is 133 Å². The third kappa shape index (κ3) is 11.1. The van der Waals surface area contributed by atoms with E-state index in [4.69, 9.17) is 44.8 Å². The fourth-order valence-corrected chi connectivity index (χ4v) is 6.55. The minimum absolute atomic E-state index is 0.270. The molecule has 1 aliphatic rings. The highest BCUT2D eigenvalue weighted by molar-refractivity contribution is 6.30. The Kier molecular flexibility index (Phi) is 14.7. The Hall–Kier alpha value is -4.31. The molecule has 1 saturated carbocycles. The van der Waals surface area contributed by atoms with Crippen molar-refractivity contribution >= 4 is 11.6 Å². The molecule has 0 radical (unpaired) electrons. The quantitative estimate of drug-likeness (QED) is 0.0785. The van der Waals surface area contributed by atoms with E-state index in [2.05, 4.69) is 6.58 Å². The lowest BCUT2D eigenvalue weighted by atomic mass is 9.83. The molecule has 276 valence electrons. The Labute approximate surface area is 318 Å². The molecule has 0 N–H and O–H groups in total.